The highest BCUT2D eigenvalue weighted by molar-refractivity contribution is 5.85. The molecule has 0 atom stereocenters. The third kappa shape index (κ3) is 2.03. The fourth-order valence-corrected chi connectivity index (χ4v) is 2.56. The Morgan fingerprint density at radius 2 is 2.30 bits per heavy atom. The van der Waals surface area contributed by atoms with E-state index in [2.05, 4.69) is 39.6 Å². The number of hydrogen-bond acceptors (Lipinski definition) is 3. The number of pyridine rings is 1. The Morgan fingerprint density at radius 1 is 1.45 bits per heavy atom. The Morgan fingerprint density at radius 3 is 2.85 bits per heavy atom. The smallest absolute Gasteiger partial charge is 0.139 e. The van der Waals surface area contributed by atoms with Crippen LogP contribution in [0.1, 0.15) is 18.9 Å². The fourth-order valence-electron chi connectivity index (χ4n) is 2.56. The molecule has 2 aromatic rings. The van der Waals surface area contributed by atoms with E-state index in [0.717, 1.165) is 35.7 Å². The van der Waals surface area contributed by atoms with Gasteiger partial charge in [-0.2, -0.15) is 0 Å². The van der Waals surface area contributed by atoms with E-state index in [4.69, 9.17) is 0 Å². The van der Waals surface area contributed by atoms with Gasteiger partial charge in [0, 0.05) is 36.7 Å². The lowest BCUT2D eigenvalue weighted by molar-refractivity contribution is 0.282. The van der Waals surface area contributed by atoms with Crippen LogP contribution in [0.4, 0.5) is 5.82 Å². The molecule has 1 aliphatic heterocycles. The second-order valence-electron chi connectivity index (χ2n) is 4.81. The zero-order valence-electron chi connectivity index (χ0n) is 11.6. The van der Waals surface area contributed by atoms with Crippen molar-refractivity contribution in [2.24, 2.45) is 4.99 Å². The van der Waals surface area contributed by atoms with Crippen molar-refractivity contribution in [3.8, 4) is 11.3 Å². The van der Waals surface area contributed by atoms with Crippen LogP contribution in [-0.2, 0) is 0 Å². The molecule has 3 heterocycles. The first-order valence-corrected chi connectivity index (χ1v) is 6.86. The Bertz CT molecular complexity index is 636. The molecule has 4 heteroatoms. The lowest BCUT2D eigenvalue weighted by Crippen LogP contribution is -2.35. The van der Waals surface area contributed by atoms with E-state index in [9.17, 15) is 0 Å². The maximum absolute atomic E-state index is 4.45. The molecule has 1 aliphatic rings. The normalized spacial score (nSPS) is 15.1. The van der Waals surface area contributed by atoms with Crippen molar-refractivity contribution in [2.75, 3.05) is 13.1 Å². The summed E-state index contributed by atoms with van der Waals surface area (Å²) in [6, 6.07) is 5.94. The molecule has 0 bridgehead atoms. The van der Waals surface area contributed by atoms with Gasteiger partial charge in [0.2, 0.25) is 0 Å². The number of aromatic amines is 1. The van der Waals surface area contributed by atoms with E-state index in [0.29, 0.717) is 0 Å². The summed E-state index contributed by atoms with van der Waals surface area (Å²) in [5.41, 5.74) is 4.34. The van der Waals surface area contributed by atoms with E-state index in [1.165, 1.54) is 12.1 Å². The molecule has 0 aliphatic carbocycles. The van der Waals surface area contributed by atoms with Crippen LogP contribution in [0.25, 0.3) is 17.0 Å². The molecule has 0 saturated carbocycles. The van der Waals surface area contributed by atoms with Gasteiger partial charge < -0.3 is 9.88 Å². The second-order valence-corrected chi connectivity index (χ2v) is 4.81. The summed E-state index contributed by atoms with van der Waals surface area (Å²) in [4.78, 5) is 14.1. The zero-order chi connectivity index (χ0) is 13.9. The van der Waals surface area contributed by atoms with Gasteiger partial charge in [0.25, 0.3) is 0 Å². The van der Waals surface area contributed by atoms with Gasteiger partial charge in [0.05, 0.1) is 11.3 Å². The van der Waals surface area contributed by atoms with Crippen LogP contribution in [0.5, 0.6) is 0 Å². The van der Waals surface area contributed by atoms with Gasteiger partial charge in [-0.05, 0) is 32.2 Å². The van der Waals surface area contributed by atoms with Crippen LogP contribution >= 0.6 is 0 Å². The lowest BCUT2D eigenvalue weighted by atomic mass is 10.0. The van der Waals surface area contributed by atoms with Crippen LogP contribution in [0, 0.1) is 0 Å². The largest absolute Gasteiger partial charge is 0.371 e. The Labute approximate surface area is 118 Å². The summed E-state index contributed by atoms with van der Waals surface area (Å²) < 4.78 is 0. The van der Waals surface area contributed by atoms with Crippen LogP contribution in [0.3, 0.4) is 0 Å². The van der Waals surface area contributed by atoms with Crippen LogP contribution in [-0.4, -0.2) is 34.7 Å². The minimum atomic E-state index is 0.811. The summed E-state index contributed by atoms with van der Waals surface area (Å²) >= 11 is 0. The minimum Gasteiger partial charge on any atom is -0.371 e. The zero-order valence-corrected chi connectivity index (χ0v) is 11.6. The van der Waals surface area contributed by atoms with Crippen molar-refractivity contribution in [3.05, 3.63) is 42.2 Å². The number of rotatable bonds is 4. The summed E-state index contributed by atoms with van der Waals surface area (Å²) in [7, 11) is 0. The molecule has 0 spiro atoms. The minimum absolute atomic E-state index is 0.811. The fraction of sp³-hybridized carbons (Fsp3) is 0.250. The van der Waals surface area contributed by atoms with Crippen molar-refractivity contribution in [1.82, 2.24) is 14.9 Å². The van der Waals surface area contributed by atoms with Gasteiger partial charge in [-0.3, -0.25) is 4.98 Å². The monoisotopic (exact) mass is 266 g/mol. The third-order valence-electron chi connectivity index (χ3n) is 3.68. The molecule has 0 aromatic carbocycles. The number of allylic oxidation sites excluding steroid dienone is 1. The molecule has 20 heavy (non-hydrogen) atoms. The van der Waals surface area contributed by atoms with Gasteiger partial charge in [-0.25, -0.2) is 4.99 Å². The first kappa shape index (κ1) is 12.7. The molecule has 2 aromatic heterocycles. The Kier molecular flexibility index (Phi) is 3.37. The van der Waals surface area contributed by atoms with Crippen molar-refractivity contribution in [3.63, 3.8) is 0 Å². The van der Waals surface area contributed by atoms with Crippen LogP contribution < -0.4 is 0 Å². The highest BCUT2D eigenvalue weighted by Gasteiger charge is 2.24. The van der Waals surface area contributed by atoms with Gasteiger partial charge in [0.15, 0.2) is 0 Å². The molecule has 0 unspecified atom stereocenters. The number of aliphatic imine (C=N–C) groups is 1. The molecule has 0 radical (unpaired) electrons. The number of nitrogens with one attached hydrogen (secondary N) is 1. The van der Waals surface area contributed by atoms with E-state index >= 15 is 0 Å². The standard InChI is InChI=1S/C16H18N4/c1-3-14(20-9-6-10-20)15-12(11-19-16(15)17-2)13-7-4-5-8-18-13/h3-5,7-8,11,19H,2,6,9-10H2,1H3/b14-3+. The van der Waals surface area contributed by atoms with Gasteiger partial charge in [0.1, 0.15) is 5.82 Å². The predicted molar refractivity (Wildman–Crippen MR) is 83.1 cm³/mol. The van der Waals surface area contributed by atoms with Gasteiger partial charge in [-0.1, -0.05) is 12.1 Å². The topological polar surface area (TPSA) is 44.3 Å². The second kappa shape index (κ2) is 5.33. The average Bonchev–Trinajstić information content (AvgIpc) is 2.87. The highest BCUT2D eigenvalue weighted by Crippen LogP contribution is 2.38. The number of H-pyrrole nitrogens is 1. The Hall–Kier alpha value is -2.36. The van der Waals surface area contributed by atoms with Crippen molar-refractivity contribution >= 4 is 18.2 Å². The third-order valence-corrected chi connectivity index (χ3v) is 3.68. The molecule has 102 valence electrons. The quantitative estimate of drug-likeness (QED) is 0.861. The Balaban J connectivity index is 2.12. The first-order chi connectivity index (χ1) is 9.85. The molecule has 0 amide bonds. The maximum atomic E-state index is 4.45. The molecular weight excluding hydrogens is 248 g/mol. The summed E-state index contributed by atoms with van der Waals surface area (Å²) in [6.45, 7) is 7.94. The summed E-state index contributed by atoms with van der Waals surface area (Å²) in [6.07, 6.45) is 7.16. The molecule has 1 N–H and O–H groups in total. The molecular formula is C16H18N4. The average molecular weight is 266 g/mol. The summed E-state index contributed by atoms with van der Waals surface area (Å²) in [5.74, 6) is 0.811. The molecule has 1 saturated heterocycles. The van der Waals surface area contributed by atoms with Crippen molar-refractivity contribution < 1.29 is 0 Å². The van der Waals surface area contributed by atoms with Gasteiger partial charge >= 0.3 is 0 Å². The van der Waals surface area contributed by atoms with Crippen molar-refractivity contribution in [2.45, 2.75) is 13.3 Å². The van der Waals surface area contributed by atoms with E-state index in [-0.39, 0.29) is 0 Å². The number of hydrogen-bond donors (Lipinski definition) is 1. The van der Waals surface area contributed by atoms with Crippen molar-refractivity contribution in [1.29, 1.82) is 0 Å². The lowest BCUT2D eigenvalue weighted by Gasteiger charge is -2.35. The van der Waals surface area contributed by atoms with Gasteiger partial charge in [-0.15, -0.1) is 0 Å². The highest BCUT2D eigenvalue weighted by atomic mass is 15.2. The van der Waals surface area contributed by atoms with E-state index in [1.807, 2.05) is 30.6 Å². The number of nitrogens with zero attached hydrogens (tertiary/aromatic N) is 3. The maximum Gasteiger partial charge on any atom is 0.139 e. The molecule has 3 rings (SSSR count). The first-order valence-electron chi connectivity index (χ1n) is 6.86. The van der Waals surface area contributed by atoms with E-state index < -0.39 is 0 Å². The van der Waals surface area contributed by atoms with Crippen LogP contribution in [0.15, 0.2) is 41.7 Å². The number of likely N-dealkylation sites (tertiary alicyclic amines) is 1. The number of aromatic nitrogens is 2. The molecule has 4 nitrogen and oxygen atoms in total. The predicted octanol–water partition coefficient (Wildman–Crippen LogP) is 3.48. The summed E-state index contributed by atoms with van der Waals surface area (Å²) in [5, 5.41) is 0. The van der Waals surface area contributed by atoms with E-state index in [1.54, 1.807) is 0 Å². The SMILES string of the molecule is C=Nc1[nH]cc(-c2ccccn2)c1/C(=C\C)N1CCC1. The molecule has 1 fully saturated rings. The van der Waals surface area contributed by atoms with Crippen LogP contribution in [0.2, 0.25) is 0 Å².